The van der Waals surface area contributed by atoms with Crippen LogP contribution in [0.5, 0.6) is 0 Å². The summed E-state index contributed by atoms with van der Waals surface area (Å²) in [6.45, 7) is 9.98. The van der Waals surface area contributed by atoms with Gasteiger partial charge in [-0.3, -0.25) is 23.4 Å². The Morgan fingerprint density at radius 3 is 1.97 bits per heavy atom. The predicted octanol–water partition coefficient (Wildman–Crippen LogP) is 3.42. The van der Waals surface area contributed by atoms with Crippen LogP contribution in [0.3, 0.4) is 0 Å². The number of hydrogen-bond donors (Lipinski definition) is 3. The van der Waals surface area contributed by atoms with Crippen molar-refractivity contribution in [3.8, 4) is 0 Å². The first-order valence-electron chi connectivity index (χ1n) is 11.3. The van der Waals surface area contributed by atoms with Crippen molar-refractivity contribution in [1.82, 2.24) is 9.55 Å². The van der Waals surface area contributed by atoms with Crippen LogP contribution in [0.4, 0.5) is 0 Å². The maximum atomic E-state index is 12.0. The summed E-state index contributed by atoms with van der Waals surface area (Å²) in [5.41, 5.74) is -1.33. The van der Waals surface area contributed by atoms with Gasteiger partial charge in [-0.25, -0.2) is 4.79 Å². The van der Waals surface area contributed by atoms with Gasteiger partial charge in [0.1, 0.15) is 12.3 Å². The third kappa shape index (κ3) is 14.3. The first-order chi connectivity index (χ1) is 16.9. The summed E-state index contributed by atoms with van der Waals surface area (Å²) in [5.74, 6) is -0.621. The van der Waals surface area contributed by atoms with E-state index >= 15 is 0 Å². The Bertz CT molecular complexity index is 897. The van der Waals surface area contributed by atoms with Crippen molar-refractivity contribution >= 4 is 26.1 Å². The number of rotatable bonds is 8. The lowest BCUT2D eigenvalue weighted by molar-refractivity contribution is -0.166. The quantitative estimate of drug-likeness (QED) is 0.383. The molecule has 16 heteroatoms. The van der Waals surface area contributed by atoms with Crippen LogP contribution in [0, 0.1) is 5.92 Å². The zero-order valence-corrected chi connectivity index (χ0v) is 25.6. The molecule has 1 aliphatic heterocycles. The zero-order valence-electron chi connectivity index (χ0n) is 23.0. The molecule has 0 spiro atoms. The minimum atomic E-state index is -4.02. The molecule has 216 valence electrons. The van der Waals surface area contributed by atoms with E-state index in [-0.39, 0.29) is 0 Å². The van der Waals surface area contributed by atoms with Crippen molar-refractivity contribution in [2.24, 2.45) is 5.92 Å². The number of ether oxygens (including phenoxy) is 3. The number of nitrogens with zero attached hydrogens (tertiary/aromatic N) is 1. The molecule has 0 saturated carbocycles. The Labute approximate surface area is 218 Å². The van der Waals surface area contributed by atoms with Gasteiger partial charge >= 0.3 is 20.0 Å². The van der Waals surface area contributed by atoms with Crippen molar-refractivity contribution in [2.45, 2.75) is 67.1 Å². The molecule has 2 rings (SSSR count). The second kappa shape index (κ2) is 21.2. The topological polar surface area (TPSA) is 168 Å². The molecule has 1 aromatic rings. The molecule has 1 fully saturated rings. The summed E-state index contributed by atoms with van der Waals surface area (Å²) >= 11 is 4.83. The fourth-order valence-electron chi connectivity index (χ4n) is 2.39. The van der Waals surface area contributed by atoms with Crippen molar-refractivity contribution < 1.29 is 42.1 Å². The lowest BCUT2D eigenvalue weighted by Gasteiger charge is -2.25. The Balaban J connectivity index is -0.00000108. The normalized spacial score (nSPS) is 23.5. The first kappa shape index (κ1) is 39.7. The van der Waals surface area contributed by atoms with Crippen LogP contribution in [-0.2, 0) is 44.2 Å². The van der Waals surface area contributed by atoms with E-state index in [1.54, 1.807) is 21.1 Å². The van der Waals surface area contributed by atoms with Gasteiger partial charge in [0, 0.05) is 46.6 Å². The second-order valence-electron chi connectivity index (χ2n) is 6.02. The van der Waals surface area contributed by atoms with E-state index in [1.807, 2.05) is 41.5 Å². The maximum Gasteiger partial charge on any atom is 0.353 e. The number of aromatic nitrogens is 2. The van der Waals surface area contributed by atoms with Gasteiger partial charge in [-0.15, -0.1) is 0 Å². The highest BCUT2D eigenvalue weighted by Crippen LogP contribution is 2.50. The number of nitrogens with one attached hydrogen (secondary N) is 1. The lowest BCUT2D eigenvalue weighted by Crippen LogP contribution is -2.34. The minimum Gasteiger partial charge on any atom is -0.388 e. The smallest absolute Gasteiger partial charge is 0.353 e. The highest BCUT2D eigenvalue weighted by atomic mass is 32.5. The van der Waals surface area contributed by atoms with Crippen LogP contribution in [0.25, 0.3) is 0 Å². The molecule has 36 heavy (non-hydrogen) atoms. The van der Waals surface area contributed by atoms with Crippen molar-refractivity contribution in [3.05, 3.63) is 33.1 Å². The summed E-state index contributed by atoms with van der Waals surface area (Å²) in [6.07, 6.45) is -2.79. The van der Waals surface area contributed by atoms with Gasteiger partial charge in [-0.05, 0) is 11.8 Å². The molecule has 3 N–H and O–H groups in total. The molecule has 0 aliphatic carbocycles. The third-order valence-corrected chi connectivity index (χ3v) is 6.53. The highest BCUT2D eigenvalue weighted by Gasteiger charge is 2.47. The van der Waals surface area contributed by atoms with Crippen molar-refractivity contribution in [1.29, 1.82) is 0 Å². The standard InChI is InChI=1S/C12H20N2O10P2S.C2H6O.3C2H6/c1-7-9(24-26(19,27)21-3)11(22-6-25(17,18)20-2)23-10(7)14-5-4-8(15)13-12(14)16;1-3-2;3*1-2/h4-5,7,9-11H,6H2,1-3H3,(H,17,18)(H,19,27)(H,13,15,16);1-2H3;3*1-2H3/t7-,9+,10-,11?,26?;;;;/m1..../s1. The third-order valence-electron chi connectivity index (χ3n) is 3.81. The van der Waals surface area contributed by atoms with Gasteiger partial charge in [0.2, 0.25) is 0 Å². The van der Waals surface area contributed by atoms with Gasteiger partial charge in [-0.1, -0.05) is 48.5 Å². The molecule has 0 radical (unpaired) electrons. The molecule has 13 nitrogen and oxygen atoms in total. The van der Waals surface area contributed by atoms with Gasteiger partial charge in [0.05, 0.1) is 0 Å². The van der Waals surface area contributed by atoms with Crippen molar-refractivity contribution in [2.75, 3.05) is 34.8 Å². The lowest BCUT2D eigenvalue weighted by atomic mass is 10.1. The van der Waals surface area contributed by atoms with E-state index in [2.05, 4.69) is 14.2 Å². The molecular weight excluding hydrogens is 538 g/mol. The van der Waals surface area contributed by atoms with E-state index in [9.17, 15) is 23.9 Å². The molecule has 0 aromatic carbocycles. The SMILES string of the molecule is CC.CC.CC.COC.COP(=O)(O)COC1O[C@@H](n2ccc(=O)[nH]c2=O)[C@H](C)[C@@H]1OP(O)(=S)OC. The summed E-state index contributed by atoms with van der Waals surface area (Å²) in [4.78, 5) is 44.9. The number of H-pyrrole nitrogens is 1. The highest BCUT2D eigenvalue weighted by molar-refractivity contribution is 8.07. The van der Waals surface area contributed by atoms with Crippen LogP contribution < -0.4 is 11.2 Å². The molecule has 3 unspecified atom stereocenters. The molecular formula is C20H44N2O11P2S. The fraction of sp³-hybridized carbons (Fsp3) is 0.800. The average Bonchev–Trinajstić information content (AvgIpc) is 3.16. The van der Waals surface area contributed by atoms with E-state index in [0.717, 1.165) is 24.9 Å². The Morgan fingerprint density at radius 2 is 1.56 bits per heavy atom. The van der Waals surface area contributed by atoms with Gasteiger partial charge < -0.3 is 33.0 Å². The van der Waals surface area contributed by atoms with Crippen LogP contribution in [0.15, 0.2) is 21.9 Å². The summed E-state index contributed by atoms with van der Waals surface area (Å²) in [7, 11) is 1.43. The van der Waals surface area contributed by atoms with Crippen molar-refractivity contribution in [3.63, 3.8) is 0 Å². The fourth-order valence-corrected chi connectivity index (χ4v) is 3.82. The van der Waals surface area contributed by atoms with E-state index in [4.69, 9.17) is 30.3 Å². The van der Waals surface area contributed by atoms with E-state index in [1.165, 1.54) is 6.20 Å². The van der Waals surface area contributed by atoms with Gasteiger partial charge in [0.25, 0.3) is 5.56 Å². The number of aromatic amines is 1. The monoisotopic (exact) mass is 582 g/mol. The first-order valence-corrected chi connectivity index (χ1v) is 15.7. The zero-order chi connectivity index (χ0) is 29.1. The van der Waals surface area contributed by atoms with Crippen LogP contribution >= 0.6 is 14.3 Å². The maximum absolute atomic E-state index is 12.0. The number of methoxy groups -OCH3 is 1. The summed E-state index contributed by atoms with van der Waals surface area (Å²) < 4.78 is 42.5. The Hall–Kier alpha value is -0.760. The molecule has 1 aliphatic rings. The molecule has 1 saturated heterocycles. The molecule has 2 heterocycles. The van der Waals surface area contributed by atoms with Crippen LogP contribution in [0.2, 0.25) is 0 Å². The second-order valence-corrected chi connectivity index (χ2v) is 10.8. The summed E-state index contributed by atoms with van der Waals surface area (Å²) in [6, 6.07) is 1.12. The molecule has 1 aromatic heterocycles. The number of hydrogen-bond acceptors (Lipinski definition) is 10. The molecule has 0 amide bonds. The molecule has 0 bridgehead atoms. The van der Waals surface area contributed by atoms with Crippen LogP contribution in [-0.4, -0.2) is 66.5 Å². The largest absolute Gasteiger partial charge is 0.388 e. The summed E-state index contributed by atoms with van der Waals surface area (Å²) in [5, 5.41) is 0. The van der Waals surface area contributed by atoms with Gasteiger partial charge in [0.15, 0.2) is 12.6 Å². The minimum absolute atomic E-state index is 0.589. The Morgan fingerprint density at radius 1 is 1.06 bits per heavy atom. The average molecular weight is 583 g/mol. The predicted molar refractivity (Wildman–Crippen MR) is 143 cm³/mol. The van der Waals surface area contributed by atoms with Crippen LogP contribution in [0.1, 0.15) is 54.7 Å². The van der Waals surface area contributed by atoms with E-state index < -0.39 is 56.5 Å². The molecule has 6 atom stereocenters. The van der Waals surface area contributed by atoms with Gasteiger partial charge in [-0.2, -0.15) is 0 Å². The Kier molecular flexibility index (Phi) is 23.4. The van der Waals surface area contributed by atoms with E-state index in [0.29, 0.717) is 0 Å².